The summed E-state index contributed by atoms with van der Waals surface area (Å²) in [6.45, 7) is 0.849. The number of hydrazone groups is 1. The number of nitrogens with zero attached hydrogens (tertiary/aromatic N) is 3. The lowest BCUT2D eigenvalue weighted by atomic mass is 10.0. The number of ether oxygens (including phenoxy) is 1. The zero-order chi connectivity index (χ0) is 18.6. The van der Waals surface area contributed by atoms with E-state index in [0.717, 1.165) is 6.07 Å². The van der Waals surface area contributed by atoms with E-state index in [1.54, 1.807) is 18.7 Å². The minimum atomic E-state index is -4.53. The number of alkyl halides is 3. The Morgan fingerprint density at radius 2 is 2.19 bits per heavy atom. The van der Waals surface area contributed by atoms with Crippen LogP contribution in [0.3, 0.4) is 0 Å². The molecule has 10 heteroatoms. The monoisotopic (exact) mass is 367 g/mol. The summed E-state index contributed by atoms with van der Waals surface area (Å²) in [7, 11) is 0. The van der Waals surface area contributed by atoms with Gasteiger partial charge in [0.25, 0.3) is 0 Å². The molecule has 0 atom stereocenters. The number of carbonyl (C=O) groups is 1. The van der Waals surface area contributed by atoms with Crippen molar-refractivity contribution in [1.82, 2.24) is 15.0 Å². The Bertz CT molecular complexity index is 803. The summed E-state index contributed by atoms with van der Waals surface area (Å²) in [5.41, 5.74) is 1.74. The van der Waals surface area contributed by atoms with Crippen LogP contribution in [-0.2, 0) is 17.5 Å². The lowest BCUT2D eigenvalue weighted by Crippen LogP contribution is -2.30. The highest BCUT2D eigenvalue weighted by Gasteiger charge is 2.34. The highest BCUT2D eigenvalue weighted by Crippen LogP contribution is 2.35. The summed E-state index contributed by atoms with van der Waals surface area (Å²) in [5, 5.41) is 6.56. The Hall–Kier alpha value is -3.04. The van der Waals surface area contributed by atoms with Crippen molar-refractivity contribution in [2.45, 2.75) is 19.1 Å². The highest BCUT2D eigenvalue weighted by molar-refractivity contribution is 6.04. The van der Waals surface area contributed by atoms with Gasteiger partial charge in [-0.2, -0.15) is 18.3 Å². The van der Waals surface area contributed by atoms with Crippen LogP contribution in [0.25, 0.3) is 0 Å². The molecule has 138 valence electrons. The van der Waals surface area contributed by atoms with Crippen LogP contribution in [0.4, 0.5) is 23.7 Å². The third kappa shape index (κ3) is 4.32. The van der Waals surface area contributed by atoms with Gasteiger partial charge in [-0.05, 0) is 18.6 Å². The lowest BCUT2D eigenvalue weighted by molar-refractivity contribution is -0.137. The SMILES string of the molecule is O=C1NN=C(c2ccc(NCCCn3ccnc3)c(C(F)(F)F)c2)CO1. The smallest absolute Gasteiger partial charge is 0.428 e. The molecule has 0 spiro atoms. The molecule has 1 aromatic carbocycles. The van der Waals surface area contributed by atoms with Crippen LogP contribution in [0.2, 0.25) is 0 Å². The molecule has 0 saturated carbocycles. The number of cyclic esters (lactones) is 1. The molecule has 1 amide bonds. The van der Waals surface area contributed by atoms with Gasteiger partial charge in [0.1, 0.15) is 12.3 Å². The van der Waals surface area contributed by atoms with Gasteiger partial charge in [0, 0.05) is 36.7 Å². The Kier molecular flexibility index (Phi) is 5.10. The van der Waals surface area contributed by atoms with E-state index in [9.17, 15) is 18.0 Å². The Balaban J connectivity index is 1.71. The van der Waals surface area contributed by atoms with Crippen LogP contribution in [-0.4, -0.2) is 34.5 Å². The second-order valence-corrected chi connectivity index (χ2v) is 5.59. The number of carbonyl (C=O) groups excluding carboxylic acids is 1. The number of nitrogens with one attached hydrogen (secondary N) is 2. The van der Waals surface area contributed by atoms with E-state index < -0.39 is 17.8 Å². The van der Waals surface area contributed by atoms with Crippen LogP contribution >= 0.6 is 0 Å². The van der Waals surface area contributed by atoms with Gasteiger partial charge in [-0.25, -0.2) is 15.2 Å². The van der Waals surface area contributed by atoms with E-state index in [4.69, 9.17) is 4.74 Å². The van der Waals surface area contributed by atoms with Crippen LogP contribution in [0.15, 0.2) is 42.0 Å². The molecular formula is C16H16F3N5O2. The van der Waals surface area contributed by atoms with Crippen molar-refractivity contribution in [2.24, 2.45) is 5.10 Å². The summed E-state index contributed by atoms with van der Waals surface area (Å²) < 4.78 is 46.8. The largest absolute Gasteiger partial charge is 0.442 e. The van der Waals surface area contributed by atoms with E-state index >= 15 is 0 Å². The zero-order valence-corrected chi connectivity index (χ0v) is 13.6. The number of imidazole rings is 1. The van der Waals surface area contributed by atoms with Crippen molar-refractivity contribution < 1.29 is 22.7 Å². The lowest BCUT2D eigenvalue weighted by Gasteiger charge is -2.18. The van der Waals surface area contributed by atoms with E-state index in [2.05, 4.69) is 20.8 Å². The molecule has 0 bridgehead atoms. The number of benzene rings is 1. The Morgan fingerprint density at radius 3 is 2.85 bits per heavy atom. The molecule has 0 fully saturated rings. The number of hydrogen-bond donors (Lipinski definition) is 2. The fourth-order valence-electron chi connectivity index (χ4n) is 2.48. The molecule has 1 aromatic heterocycles. The fourth-order valence-corrected chi connectivity index (χ4v) is 2.48. The van der Waals surface area contributed by atoms with Crippen LogP contribution < -0.4 is 10.7 Å². The summed E-state index contributed by atoms with van der Waals surface area (Å²) in [6, 6.07) is 3.86. The molecule has 1 aliphatic heterocycles. The van der Waals surface area contributed by atoms with Gasteiger partial charge >= 0.3 is 12.3 Å². The van der Waals surface area contributed by atoms with E-state index in [1.165, 1.54) is 12.1 Å². The number of hydrogen-bond acceptors (Lipinski definition) is 5. The molecule has 1 aliphatic rings. The number of amides is 1. The third-order valence-corrected chi connectivity index (χ3v) is 3.75. The van der Waals surface area contributed by atoms with Gasteiger partial charge in [-0.15, -0.1) is 0 Å². The number of aromatic nitrogens is 2. The highest BCUT2D eigenvalue weighted by atomic mass is 19.4. The maximum Gasteiger partial charge on any atom is 0.428 e. The molecule has 0 saturated heterocycles. The Labute approximate surface area is 146 Å². The summed E-state index contributed by atoms with van der Waals surface area (Å²) in [5.74, 6) is 0. The van der Waals surface area contributed by atoms with Crippen molar-refractivity contribution >= 4 is 17.5 Å². The van der Waals surface area contributed by atoms with Crippen LogP contribution in [0, 0.1) is 0 Å². The van der Waals surface area contributed by atoms with Crippen molar-refractivity contribution in [2.75, 3.05) is 18.5 Å². The molecule has 2 N–H and O–H groups in total. The average molecular weight is 367 g/mol. The molecule has 26 heavy (non-hydrogen) atoms. The first-order valence-electron chi connectivity index (χ1n) is 7.84. The van der Waals surface area contributed by atoms with E-state index in [0.29, 0.717) is 19.5 Å². The van der Waals surface area contributed by atoms with Crippen molar-refractivity contribution in [1.29, 1.82) is 0 Å². The van der Waals surface area contributed by atoms with Gasteiger partial charge in [0.05, 0.1) is 11.9 Å². The molecule has 2 aromatic rings. The first kappa shape index (κ1) is 17.8. The Morgan fingerprint density at radius 1 is 1.35 bits per heavy atom. The van der Waals surface area contributed by atoms with Gasteiger partial charge < -0.3 is 14.6 Å². The molecule has 7 nitrogen and oxygen atoms in total. The van der Waals surface area contributed by atoms with Gasteiger partial charge in [0.2, 0.25) is 0 Å². The van der Waals surface area contributed by atoms with E-state index in [-0.39, 0.29) is 23.6 Å². The molecule has 0 aliphatic carbocycles. The second-order valence-electron chi connectivity index (χ2n) is 5.59. The molecule has 3 rings (SSSR count). The quantitative estimate of drug-likeness (QED) is 0.770. The van der Waals surface area contributed by atoms with E-state index in [1.807, 2.05) is 4.57 Å². The van der Waals surface area contributed by atoms with Crippen molar-refractivity contribution in [3.63, 3.8) is 0 Å². The topological polar surface area (TPSA) is 80.5 Å². The molecule has 0 unspecified atom stereocenters. The minimum absolute atomic E-state index is 0.00626. The van der Waals surface area contributed by atoms with Crippen molar-refractivity contribution in [3.05, 3.63) is 48.0 Å². The maximum atomic E-state index is 13.4. The summed E-state index contributed by atoms with van der Waals surface area (Å²) in [4.78, 5) is 14.8. The summed E-state index contributed by atoms with van der Waals surface area (Å²) in [6.07, 6.45) is 0.475. The van der Waals surface area contributed by atoms with Crippen molar-refractivity contribution in [3.8, 4) is 0 Å². The average Bonchev–Trinajstić information content (AvgIpc) is 3.12. The standard InChI is InChI=1S/C16H16F3N5O2/c17-16(18,19)12-8-11(14-9-26-15(25)23-22-14)2-3-13(12)21-4-1-6-24-7-5-20-10-24/h2-3,5,7-8,10,21H,1,4,6,9H2,(H,23,25). The molecular weight excluding hydrogens is 351 g/mol. The second kappa shape index (κ2) is 7.46. The molecule has 2 heterocycles. The predicted molar refractivity (Wildman–Crippen MR) is 87.8 cm³/mol. The summed E-state index contributed by atoms with van der Waals surface area (Å²) >= 11 is 0. The number of aryl methyl sites for hydroxylation is 1. The normalized spacial score (nSPS) is 14.4. The van der Waals surface area contributed by atoms with Gasteiger partial charge in [-0.1, -0.05) is 6.07 Å². The number of anilines is 1. The third-order valence-electron chi connectivity index (χ3n) is 3.75. The minimum Gasteiger partial charge on any atom is -0.442 e. The first-order chi connectivity index (χ1) is 12.4. The first-order valence-corrected chi connectivity index (χ1v) is 7.84. The van der Waals surface area contributed by atoms with Crippen LogP contribution in [0.1, 0.15) is 17.5 Å². The van der Waals surface area contributed by atoms with Crippen LogP contribution in [0.5, 0.6) is 0 Å². The zero-order valence-electron chi connectivity index (χ0n) is 13.6. The van der Waals surface area contributed by atoms with Gasteiger partial charge in [-0.3, -0.25) is 0 Å². The molecule has 0 radical (unpaired) electrons. The number of rotatable bonds is 6. The maximum absolute atomic E-state index is 13.4. The fraction of sp³-hybridized carbons (Fsp3) is 0.312. The predicted octanol–water partition coefficient (Wildman–Crippen LogP) is 2.85. The van der Waals surface area contributed by atoms with Gasteiger partial charge in [0.15, 0.2) is 0 Å². The number of halogens is 3.